The van der Waals surface area contributed by atoms with Crippen LogP contribution in [0.3, 0.4) is 0 Å². The van der Waals surface area contributed by atoms with E-state index >= 15 is 0 Å². The lowest BCUT2D eigenvalue weighted by atomic mass is 9.92. The molecule has 2 heterocycles. The van der Waals surface area contributed by atoms with Gasteiger partial charge in [0.05, 0.1) is 27.4 Å². The number of aromatic nitrogens is 2. The second-order valence-corrected chi connectivity index (χ2v) is 12.7. The number of rotatable bonds is 19. The zero-order valence-electron chi connectivity index (χ0n) is 30.1. The van der Waals surface area contributed by atoms with Crippen molar-refractivity contribution >= 4 is 11.9 Å². The highest BCUT2D eigenvalue weighted by Gasteiger charge is 2.33. The van der Waals surface area contributed by atoms with Crippen LogP contribution in [-0.4, -0.2) is 80.8 Å². The Kier molecular flexibility index (Phi) is 13.1. The van der Waals surface area contributed by atoms with Crippen LogP contribution in [-0.2, 0) is 35.9 Å². The van der Waals surface area contributed by atoms with E-state index in [1.807, 2.05) is 38.1 Å². The molecule has 0 fully saturated rings. The molecule has 0 spiro atoms. The van der Waals surface area contributed by atoms with E-state index in [4.69, 9.17) is 18.9 Å². The first-order valence-electron chi connectivity index (χ1n) is 16.5. The van der Waals surface area contributed by atoms with E-state index in [9.17, 15) is 30.0 Å². The van der Waals surface area contributed by atoms with Gasteiger partial charge in [-0.1, -0.05) is 36.4 Å². The van der Waals surface area contributed by atoms with Crippen molar-refractivity contribution in [3.8, 4) is 34.6 Å². The van der Waals surface area contributed by atoms with Gasteiger partial charge in [0.25, 0.3) is 0 Å². The number of nitrogens with zero attached hydrogens (tertiary/aromatic N) is 2. The zero-order chi connectivity index (χ0) is 38.1. The molecule has 0 bridgehead atoms. The third-order valence-corrected chi connectivity index (χ3v) is 9.06. The average molecular weight is 719 g/mol. The maximum atomic E-state index is 11.5. The van der Waals surface area contributed by atoms with Gasteiger partial charge in [-0.25, -0.2) is 0 Å². The van der Waals surface area contributed by atoms with E-state index in [1.54, 1.807) is 24.3 Å². The van der Waals surface area contributed by atoms with E-state index in [0.717, 1.165) is 33.4 Å². The monoisotopic (exact) mass is 718 g/mol. The minimum absolute atomic E-state index is 0.112. The first-order chi connectivity index (χ1) is 24.8. The predicted octanol–water partition coefficient (Wildman–Crippen LogP) is 3.79. The minimum atomic E-state index is -1.51. The van der Waals surface area contributed by atoms with Crippen LogP contribution >= 0.6 is 0 Å². The van der Waals surface area contributed by atoms with E-state index in [-0.39, 0.29) is 38.1 Å². The highest BCUT2D eigenvalue weighted by atomic mass is 16.5. The maximum Gasteiger partial charge on any atom is 0.326 e. The van der Waals surface area contributed by atoms with Crippen LogP contribution in [0.2, 0.25) is 0 Å². The summed E-state index contributed by atoms with van der Waals surface area (Å²) in [6, 6.07) is 18.9. The number of nitrogens with one attached hydrogen (secondary N) is 2. The third kappa shape index (κ3) is 9.14. The summed E-state index contributed by atoms with van der Waals surface area (Å²) in [5.74, 6) is -1.12. The highest BCUT2D eigenvalue weighted by Crippen LogP contribution is 2.32. The fourth-order valence-corrected chi connectivity index (χ4v) is 5.23. The number of pyridine rings is 2. The molecule has 0 saturated carbocycles. The number of aliphatic carboxylic acids is 2. The van der Waals surface area contributed by atoms with Gasteiger partial charge >= 0.3 is 11.9 Å². The lowest BCUT2D eigenvalue weighted by Gasteiger charge is -2.24. The van der Waals surface area contributed by atoms with Gasteiger partial charge in [0, 0.05) is 36.3 Å². The third-order valence-electron chi connectivity index (χ3n) is 9.06. The SMILES string of the molecule is COc1nc(OCc2cccc(-c3cccc(COc4ccc(CN[C@@](C)(CO)C(=O)O)c(OC)n4)c3C)c2C)ccc1CNC(C)(CO)C(=O)O. The molecule has 4 rings (SSSR count). The second kappa shape index (κ2) is 17.3. The Hall–Kier alpha value is -5.28. The Labute approximate surface area is 302 Å². The molecular weight excluding hydrogens is 672 g/mol. The van der Waals surface area contributed by atoms with Crippen molar-refractivity contribution in [2.24, 2.45) is 0 Å². The number of ether oxygens (including phenoxy) is 4. The minimum Gasteiger partial charge on any atom is -0.481 e. The second-order valence-electron chi connectivity index (χ2n) is 12.7. The Morgan fingerprint density at radius 2 is 1.02 bits per heavy atom. The summed E-state index contributed by atoms with van der Waals surface area (Å²) in [4.78, 5) is 32.0. The summed E-state index contributed by atoms with van der Waals surface area (Å²) in [6.07, 6.45) is 0. The number of carboxylic acids is 2. The van der Waals surface area contributed by atoms with E-state index < -0.39 is 36.2 Å². The van der Waals surface area contributed by atoms with Crippen molar-refractivity contribution in [2.45, 2.75) is 65.1 Å². The molecule has 2 aromatic heterocycles. The first-order valence-corrected chi connectivity index (χ1v) is 16.5. The number of hydrogen-bond donors (Lipinski definition) is 6. The molecule has 4 aromatic rings. The predicted molar refractivity (Wildman–Crippen MR) is 192 cm³/mol. The molecule has 0 aliphatic rings. The molecule has 14 heteroatoms. The molecule has 0 radical (unpaired) electrons. The van der Waals surface area contributed by atoms with Gasteiger partial charge in [-0.05, 0) is 73.2 Å². The van der Waals surface area contributed by atoms with Crippen LogP contribution < -0.4 is 29.6 Å². The summed E-state index contributed by atoms with van der Waals surface area (Å²) in [5, 5.41) is 43.6. The number of benzene rings is 2. The summed E-state index contributed by atoms with van der Waals surface area (Å²) in [6.45, 7) is 6.41. The zero-order valence-corrected chi connectivity index (χ0v) is 30.1. The number of carbonyl (C=O) groups is 2. The van der Waals surface area contributed by atoms with Gasteiger partial charge in [-0.2, -0.15) is 9.97 Å². The van der Waals surface area contributed by atoms with Crippen LogP contribution in [0, 0.1) is 13.8 Å². The van der Waals surface area contributed by atoms with Crippen LogP contribution in [0.4, 0.5) is 0 Å². The lowest BCUT2D eigenvalue weighted by molar-refractivity contribution is -0.146. The van der Waals surface area contributed by atoms with Crippen LogP contribution in [0.15, 0.2) is 60.7 Å². The Morgan fingerprint density at radius 3 is 1.35 bits per heavy atom. The van der Waals surface area contributed by atoms with Gasteiger partial charge in [-0.3, -0.25) is 20.2 Å². The number of carboxylic acid groups (broad SMARTS) is 2. The van der Waals surface area contributed by atoms with Crippen molar-refractivity contribution in [1.29, 1.82) is 0 Å². The normalized spacial score (nSPS) is 13.5. The molecular formula is C38H46N4O10. The molecule has 14 nitrogen and oxygen atoms in total. The summed E-state index contributed by atoms with van der Waals surface area (Å²) < 4.78 is 23.0. The Bertz CT molecular complexity index is 1750. The lowest BCUT2D eigenvalue weighted by Crippen LogP contribution is -2.52. The van der Waals surface area contributed by atoms with Gasteiger partial charge < -0.3 is 39.4 Å². The molecule has 2 atom stereocenters. The Morgan fingerprint density at radius 1 is 0.635 bits per heavy atom. The smallest absolute Gasteiger partial charge is 0.326 e. The number of methoxy groups -OCH3 is 2. The van der Waals surface area contributed by atoms with Crippen molar-refractivity contribution in [1.82, 2.24) is 20.6 Å². The largest absolute Gasteiger partial charge is 0.481 e. The molecule has 1 unspecified atom stereocenters. The number of aliphatic hydroxyl groups excluding tert-OH is 2. The van der Waals surface area contributed by atoms with E-state index in [2.05, 4.69) is 32.7 Å². The summed E-state index contributed by atoms with van der Waals surface area (Å²) in [5.41, 5.74) is 4.24. The molecule has 0 amide bonds. The fraction of sp³-hybridized carbons (Fsp3) is 0.368. The van der Waals surface area contributed by atoms with E-state index in [0.29, 0.717) is 22.9 Å². The van der Waals surface area contributed by atoms with Crippen LogP contribution in [0.1, 0.15) is 47.2 Å². The Balaban J connectivity index is 1.45. The topological polar surface area (TPSA) is 202 Å². The molecule has 0 aliphatic heterocycles. The molecule has 278 valence electrons. The molecule has 0 saturated heterocycles. The van der Waals surface area contributed by atoms with Crippen molar-refractivity contribution in [2.75, 3.05) is 27.4 Å². The van der Waals surface area contributed by atoms with Gasteiger partial charge in [-0.15, -0.1) is 0 Å². The van der Waals surface area contributed by atoms with Crippen LogP contribution in [0.25, 0.3) is 11.1 Å². The van der Waals surface area contributed by atoms with Gasteiger partial charge in [0.15, 0.2) is 0 Å². The van der Waals surface area contributed by atoms with Gasteiger partial charge in [0.2, 0.25) is 23.5 Å². The molecule has 2 aromatic carbocycles. The van der Waals surface area contributed by atoms with E-state index in [1.165, 1.54) is 28.1 Å². The summed E-state index contributed by atoms with van der Waals surface area (Å²) >= 11 is 0. The summed E-state index contributed by atoms with van der Waals surface area (Å²) in [7, 11) is 2.94. The molecule has 6 N–H and O–H groups in total. The highest BCUT2D eigenvalue weighted by molar-refractivity contribution is 5.79. The number of aliphatic hydroxyl groups is 2. The average Bonchev–Trinajstić information content (AvgIpc) is 3.15. The molecule has 0 aliphatic carbocycles. The number of hydrogen-bond acceptors (Lipinski definition) is 12. The van der Waals surface area contributed by atoms with Crippen molar-refractivity contribution in [3.63, 3.8) is 0 Å². The quantitative estimate of drug-likeness (QED) is 0.0818. The van der Waals surface area contributed by atoms with Crippen molar-refractivity contribution in [3.05, 3.63) is 94.0 Å². The van der Waals surface area contributed by atoms with Gasteiger partial charge in [0.1, 0.15) is 24.3 Å². The van der Waals surface area contributed by atoms with Crippen molar-refractivity contribution < 1.29 is 49.0 Å². The standard InChI is InChI=1S/C38H46N4O10/c1-23-27(19-51-31-15-13-25(33(41-31)49-5)17-39-37(3,21-43)35(45)46)9-7-11-29(23)30-12-8-10-28(24(30)2)20-52-32-16-14-26(34(42-32)50-6)18-40-38(4,22-44)36(47)48/h7-16,39-40,43-44H,17-22H2,1-6H3,(H,45,46)(H,47,48)/t37-,38?/m0/s1. The first kappa shape index (κ1) is 39.5. The van der Waals surface area contributed by atoms with Crippen LogP contribution in [0.5, 0.6) is 23.5 Å². The molecule has 52 heavy (non-hydrogen) atoms. The fourth-order valence-electron chi connectivity index (χ4n) is 5.23. The maximum absolute atomic E-state index is 11.5.